The van der Waals surface area contributed by atoms with Gasteiger partial charge in [-0.2, -0.15) is 0 Å². The van der Waals surface area contributed by atoms with Gasteiger partial charge < -0.3 is 15.1 Å². The molecule has 2 N–H and O–H groups in total. The van der Waals surface area contributed by atoms with Crippen LogP contribution in [0.3, 0.4) is 0 Å². The predicted octanol–water partition coefficient (Wildman–Crippen LogP) is 2.94. The second-order valence-electron chi connectivity index (χ2n) is 6.24. The fourth-order valence-electron chi connectivity index (χ4n) is 3.03. The number of benzene rings is 2. The Morgan fingerprint density at radius 2 is 1.93 bits per heavy atom. The number of aromatic nitrogens is 2. The molecule has 27 heavy (non-hydrogen) atoms. The number of anilines is 1. The largest absolute Gasteiger partial charge is 0.503 e. The fourth-order valence-corrected chi connectivity index (χ4v) is 3.88. The van der Waals surface area contributed by atoms with Crippen LogP contribution in [0.25, 0.3) is 10.6 Å². The molecule has 1 amide bonds. The molecule has 1 aliphatic rings. The number of phenolic OH excluding ortho intramolecular Hbond substituents is 1. The molecule has 4 rings (SSSR count). The minimum absolute atomic E-state index is 0.0401. The molecule has 1 aliphatic heterocycles. The lowest BCUT2D eigenvalue weighted by molar-refractivity contribution is -0.134. The van der Waals surface area contributed by atoms with E-state index in [0.717, 1.165) is 23.5 Å². The summed E-state index contributed by atoms with van der Waals surface area (Å²) in [4.78, 5) is 14.0. The highest BCUT2D eigenvalue weighted by molar-refractivity contribution is 7.14. The Bertz CT molecular complexity index is 1070. The molecule has 138 valence electrons. The molecule has 0 radical (unpaired) electrons. The zero-order chi connectivity index (χ0) is 19.3. The Labute approximate surface area is 156 Å². The van der Waals surface area contributed by atoms with Gasteiger partial charge in [-0.3, -0.25) is 4.79 Å². The van der Waals surface area contributed by atoms with Gasteiger partial charge in [0, 0.05) is 5.56 Å². The normalized spacial score (nSPS) is 18.8. The second-order valence-corrected chi connectivity index (χ2v) is 7.30. The van der Waals surface area contributed by atoms with Crippen LogP contribution in [0.2, 0.25) is 0 Å². The maximum Gasteiger partial charge on any atom is 0.263 e. The quantitative estimate of drug-likeness (QED) is 0.719. The van der Waals surface area contributed by atoms with Gasteiger partial charge in [0.25, 0.3) is 5.91 Å². The number of para-hydroxylation sites is 1. The summed E-state index contributed by atoms with van der Waals surface area (Å²) in [7, 11) is 0. The second kappa shape index (κ2) is 6.07. The highest BCUT2D eigenvalue weighted by atomic mass is 32.1. The molecule has 0 saturated carbocycles. The van der Waals surface area contributed by atoms with Crippen LogP contribution in [-0.4, -0.2) is 26.3 Å². The molecular formula is C18H13F2N3O3S. The standard InChI is InChI=1S/C18H13F2N3O3S/c1-18(26)10-4-2-3-5-12(10)23(17(18)25)8-13-21-22-16(27-13)9-6-7-11(19)15(24)14(9)20/h2-7,24,26H,8H2,1H3. The molecule has 0 aliphatic carbocycles. The van der Waals surface area contributed by atoms with E-state index < -0.39 is 28.9 Å². The number of hydrogen-bond acceptors (Lipinski definition) is 6. The van der Waals surface area contributed by atoms with Crippen LogP contribution in [0.4, 0.5) is 14.5 Å². The van der Waals surface area contributed by atoms with E-state index in [-0.39, 0.29) is 17.1 Å². The summed E-state index contributed by atoms with van der Waals surface area (Å²) < 4.78 is 27.3. The minimum Gasteiger partial charge on any atom is -0.503 e. The number of hydrogen-bond donors (Lipinski definition) is 2. The summed E-state index contributed by atoms with van der Waals surface area (Å²) in [6.45, 7) is 1.47. The van der Waals surface area contributed by atoms with Crippen molar-refractivity contribution < 1.29 is 23.8 Å². The molecule has 0 bridgehead atoms. The Kier molecular flexibility index (Phi) is 3.93. The van der Waals surface area contributed by atoms with Gasteiger partial charge in [0.05, 0.1) is 17.8 Å². The SMILES string of the molecule is CC1(O)C(=O)N(Cc2nnc(-c3ccc(F)c(O)c3F)s2)c2ccccc21. The summed E-state index contributed by atoms with van der Waals surface area (Å²) in [6, 6.07) is 8.98. The molecule has 0 fully saturated rings. The van der Waals surface area contributed by atoms with E-state index in [4.69, 9.17) is 0 Å². The van der Waals surface area contributed by atoms with Gasteiger partial charge in [-0.25, -0.2) is 8.78 Å². The summed E-state index contributed by atoms with van der Waals surface area (Å²) in [5.41, 5.74) is -0.666. The van der Waals surface area contributed by atoms with Gasteiger partial charge in [-0.15, -0.1) is 10.2 Å². The Morgan fingerprint density at radius 1 is 1.19 bits per heavy atom. The summed E-state index contributed by atoms with van der Waals surface area (Å²) in [5.74, 6) is -3.76. The van der Waals surface area contributed by atoms with E-state index in [1.165, 1.54) is 11.8 Å². The molecular weight excluding hydrogens is 376 g/mol. The third-order valence-corrected chi connectivity index (χ3v) is 5.38. The smallest absolute Gasteiger partial charge is 0.263 e. The first kappa shape index (κ1) is 17.5. The van der Waals surface area contributed by atoms with Crippen LogP contribution in [0.5, 0.6) is 5.75 Å². The number of phenols is 1. The summed E-state index contributed by atoms with van der Waals surface area (Å²) >= 11 is 1.01. The van der Waals surface area contributed by atoms with Crippen LogP contribution in [0.1, 0.15) is 17.5 Å². The molecule has 6 nitrogen and oxygen atoms in total. The third kappa shape index (κ3) is 2.66. The van der Waals surface area contributed by atoms with E-state index in [1.54, 1.807) is 24.3 Å². The first-order valence-electron chi connectivity index (χ1n) is 7.94. The monoisotopic (exact) mass is 389 g/mol. The first-order chi connectivity index (χ1) is 12.8. The van der Waals surface area contributed by atoms with Crippen LogP contribution >= 0.6 is 11.3 Å². The molecule has 1 aromatic heterocycles. The lowest BCUT2D eigenvalue weighted by atomic mass is 9.98. The van der Waals surface area contributed by atoms with Gasteiger partial charge in [0.15, 0.2) is 28.0 Å². The number of nitrogens with zero attached hydrogens (tertiary/aromatic N) is 3. The first-order valence-corrected chi connectivity index (χ1v) is 8.76. The van der Waals surface area contributed by atoms with E-state index in [9.17, 15) is 23.8 Å². The molecule has 1 atom stereocenters. The molecule has 0 saturated heterocycles. The summed E-state index contributed by atoms with van der Waals surface area (Å²) in [6.07, 6.45) is 0. The van der Waals surface area contributed by atoms with Crippen molar-refractivity contribution in [2.24, 2.45) is 0 Å². The van der Waals surface area contributed by atoms with Crippen molar-refractivity contribution in [2.75, 3.05) is 4.90 Å². The zero-order valence-electron chi connectivity index (χ0n) is 14.0. The molecule has 0 spiro atoms. The van der Waals surface area contributed by atoms with Crippen molar-refractivity contribution in [3.05, 3.63) is 58.6 Å². The number of aromatic hydroxyl groups is 1. The van der Waals surface area contributed by atoms with E-state index >= 15 is 0 Å². The van der Waals surface area contributed by atoms with Crippen molar-refractivity contribution in [1.29, 1.82) is 0 Å². The Morgan fingerprint density at radius 3 is 2.70 bits per heavy atom. The number of fused-ring (bicyclic) bond motifs is 1. The lowest BCUT2D eigenvalue weighted by Gasteiger charge is -2.18. The molecule has 3 aromatic rings. The molecule has 2 aromatic carbocycles. The average molecular weight is 389 g/mol. The Balaban J connectivity index is 1.66. The van der Waals surface area contributed by atoms with E-state index in [0.29, 0.717) is 16.3 Å². The number of amides is 1. The number of aliphatic hydroxyl groups is 1. The van der Waals surface area contributed by atoms with Crippen molar-refractivity contribution >= 4 is 22.9 Å². The predicted molar refractivity (Wildman–Crippen MR) is 94.1 cm³/mol. The van der Waals surface area contributed by atoms with Gasteiger partial charge in [0.1, 0.15) is 5.01 Å². The zero-order valence-corrected chi connectivity index (χ0v) is 14.8. The van der Waals surface area contributed by atoms with Gasteiger partial charge >= 0.3 is 0 Å². The van der Waals surface area contributed by atoms with Crippen LogP contribution in [0, 0.1) is 11.6 Å². The van der Waals surface area contributed by atoms with Crippen molar-refractivity contribution in [1.82, 2.24) is 10.2 Å². The van der Waals surface area contributed by atoms with Crippen LogP contribution in [0.15, 0.2) is 36.4 Å². The lowest BCUT2D eigenvalue weighted by Crippen LogP contribution is -2.37. The van der Waals surface area contributed by atoms with Gasteiger partial charge in [-0.1, -0.05) is 29.5 Å². The van der Waals surface area contributed by atoms with Crippen molar-refractivity contribution in [3.63, 3.8) is 0 Å². The minimum atomic E-state index is -1.64. The van der Waals surface area contributed by atoms with Gasteiger partial charge in [0.2, 0.25) is 0 Å². The number of carbonyl (C=O) groups is 1. The van der Waals surface area contributed by atoms with Crippen molar-refractivity contribution in [2.45, 2.75) is 19.1 Å². The molecule has 2 heterocycles. The number of halogens is 2. The topological polar surface area (TPSA) is 86.5 Å². The fraction of sp³-hybridized carbons (Fsp3) is 0.167. The number of carbonyl (C=O) groups excluding carboxylic acids is 1. The number of rotatable bonds is 3. The van der Waals surface area contributed by atoms with Crippen LogP contribution < -0.4 is 4.90 Å². The van der Waals surface area contributed by atoms with E-state index in [1.807, 2.05) is 0 Å². The molecule has 1 unspecified atom stereocenters. The van der Waals surface area contributed by atoms with Crippen LogP contribution in [-0.2, 0) is 16.9 Å². The third-order valence-electron chi connectivity index (χ3n) is 4.44. The molecule has 9 heteroatoms. The highest BCUT2D eigenvalue weighted by Crippen LogP contribution is 2.41. The highest BCUT2D eigenvalue weighted by Gasteiger charge is 2.46. The maximum absolute atomic E-state index is 14.1. The average Bonchev–Trinajstić information content (AvgIpc) is 3.18. The Hall–Kier alpha value is -2.91. The summed E-state index contributed by atoms with van der Waals surface area (Å²) in [5, 5.41) is 28.3. The van der Waals surface area contributed by atoms with E-state index in [2.05, 4.69) is 10.2 Å². The maximum atomic E-state index is 14.1. The van der Waals surface area contributed by atoms with Gasteiger partial charge in [-0.05, 0) is 25.1 Å². The van der Waals surface area contributed by atoms with Crippen molar-refractivity contribution in [3.8, 4) is 16.3 Å².